The van der Waals surface area contributed by atoms with Gasteiger partial charge in [-0.2, -0.15) is 0 Å². The van der Waals surface area contributed by atoms with E-state index in [-0.39, 0.29) is 0 Å². The number of pyridine rings is 1. The fourth-order valence-corrected chi connectivity index (χ4v) is 2.04. The summed E-state index contributed by atoms with van der Waals surface area (Å²) >= 11 is 0. The van der Waals surface area contributed by atoms with Crippen LogP contribution >= 0.6 is 0 Å². The van der Waals surface area contributed by atoms with Gasteiger partial charge in [0.1, 0.15) is 0 Å². The van der Waals surface area contributed by atoms with Gasteiger partial charge in [-0.1, -0.05) is 6.07 Å². The lowest BCUT2D eigenvalue weighted by atomic mass is 9.95. The summed E-state index contributed by atoms with van der Waals surface area (Å²) in [6.07, 6.45) is 2.08. The zero-order chi connectivity index (χ0) is 11.4. The van der Waals surface area contributed by atoms with Crippen molar-refractivity contribution < 1.29 is 9.47 Å². The lowest BCUT2D eigenvalue weighted by Gasteiger charge is -2.22. The molecule has 4 nitrogen and oxygen atoms in total. The highest BCUT2D eigenvalue weighted by atomic mass is 16.5. The Morgan fingerprint density at radius 1 is 1.44 bits per heavy atom. The van der Waals surface area contributed by atoms with E-state index >= 15 is 0 Å². The molecule has 0 aromatic carbocycles. The van der Waals surface area contributed by atoms with Crippen LogP contribution in [0.25, 0.3) is 0 Å². The number of hydrogen-bond acceptors (Lipinski definition) is 4. The molecule has 0 unspecified atom stereocenters. The van der Waals surface area contributed by atoms with Gasteiger partial charge in [-0.25, -0.2) is 4.98 Å². The lowest BCUT2D eigenvalue weighted by Crippen LogP contribution is -2.15. The Hall–Kier alpha value is -1.13. The first-order chi connectivity index (χ1) is 7.85. The smallest absolute Gasteiger partial charge is 0.217 e. The Kier molecular flexibility index (Phi) is 3.74. The minimum atomic E-state index is 0.463. The van der Waals surface area contributed by atoms with E-state index in [2.05, 4.69) is 11.1 Å². The fourth-order valence-electron chi connectivity index (χ4n) is 2.04. The van der Waals surface area contributed by atoms with Crippen molar-refractivity contribution >= 4 is 0 Å². The predicted octanol–water partition coefficient (Wildman–Crippen LogP) is 1.44. The van der Waals surface area contributed by atoms with E-state index in [1.807, 2.05) is 6.07 Å². The molecule has 0 spiro atoms. The molecule has 0 saturated carbocycles. The second kappa shape index (κ2) is 5.27. The summed E-state index contributed by atoms with van der Waals surface area (Å²) in [6, 6.07) is 4.07. The van der Waals surface area contributed by atoms with Crippen LogP contribution in [0.5, 0.6) is 5.88 Å². The van der Waals surface area contributed by atoms with Gasteiger partial charge >= 0.3 is 0 Å². The third-order valence-electron chi connectivity index (χ3n) is 3.01. The zero-order valence-corrected chi connectivity index (χ0v) is 9.61. The van der Waals surface area contributed by atoms with E-state index in [0.717, 1.165) is 37.3 Å². The number of methoxy groups -OCH3 is 1. The van der Waals surface area contributed by atoms with Crippen LogP contribution in [0, 0.1) is 0 Å². The van der Waals surface area contributed by atoms with Gasteiger partial charge in [0.15, 0.2) is 0 Å². The standard InChI is InChI=1S/C12H18N2O2/c1-15-12-10(8-13)2-3-11(14-12)9-4-6-16-7-5-9/h2-3,9H,4-8,13H2,1H3. The molecule has 1 aliphatic heterocycles. The molecule has 0 bridgehead atoms. The van der Waals surface area contributed by atoms with Crippen LogP contribution in [-0.4, -0.2) is 25.3 Å². The van der Waals surface area contributed by atoms with E-state index in [1.165, 1.54) is 0 Å². The average molecular weight is 222 g/mol. The van der Waals surface area contributed by atoms with Gasteiger partial charge in [-0.3, -0.25) is 0 Å². The first-order valence-electron chi connectivity index (χ1n) is 5.66. The van der Waals surface area contributed by atoms with E-state index in [9.17, 15) is 0 Å². The van der Waals surface area contributed by atoms with Gasteiger partial charge < -0.3 is 15.2 Å². The van der Waals surface area contributed by atoms with Gasteiger partial charge in [0.2, 0.25) is 5.88 Å². The first-order valence-corrected chi connectivity index (χ1v) is 5.66. The van der Waals surface area contributed by atoms with Crippen molar-refractivity contribution in [3.8, 4) is 5.88 Å². The van der Waals surface area contributed by atoms with Crippen LogP contribution < -0.4 is 10.5 Å². The molecule has 0 atom stereocenters. The van der Waals surface area contributed by atoms with Crippen molar-refractivity contribution in [2.45, 2.75) is 25.3 Å². The molecule has 2 heterocycles. The maximum Gasteiger partial charge on any atom is 0.217 e. The molecule has 1 saturated heterocycles. The lowest BCUT2D eigenvalue weighted by molar-refractivity contribution is 0.0843. The minimum Gasteiger partial charge on any atom is -0.481 e. The quantitative estimate of drug-likeness (QED) is 0.840. The summed E-state index contributed by atoms with van der Waals surface area (Å²) in [5.41, 5.74) is 7.67. The van der Waals surface area contributed by atoms with Gasteiger partial charge in [0.05, 0.1) is 7.11 Å². The number of rotatable bonds is 3. The van der Waals surface area contributed by atoms with Crippen molar-refractivity contribution in [1.29, 1.82) is 0 Å². The molecule has 0 amide bonds. The largest absolute Gasteiger partial charge is 0.481 e. The van der Waals surface area contributed by atoms with Crippen molar-refractivity contribution in [3.63, 3.8) is 0 Å². The Morgan fingerprint density at radius 2 is 2.19 bits per heavy atom. The molecule has 2 rings (SSSR count). The molecule has 1 aliphatic rings. The Bertz CT molecular complexity index is 349. The van der Waals surface area contributed by atoms with Crippen molar-refractivity contribution in [2.24, 2.45) is 5.73 Å². The highest BCUT2D eigenvalue weighted by molar-refractivity contribution is 5.29. The molecule has 16 heavy (non-hydrogen) atoms. The van der Waals surface area contributed by atoms with Crippen molar-refractivity contribution in [3.05, 3.63) is 23.4 Å². The number of aromatic nitrogens is 1. The maximum absolute atomic E-state index is 5.61. The molecule has 1 aromatic heterocycles. The van der Waals surface area contributed by atoms with E-state index < -0.39 is 0 Å². The molecular weight excluding hydrogens is 204 g/mol. The summed E-state index contributed by atoms with van der Waals surface area (Å²) < 4.78 is 10.6. The summed E-state index contributed by atoms with van der Waals surface area (Å²) in [7, 11) is 1.63. The normalized spacial score (nSPS) is 17.4. The van der Waals surface area contributed by atoms with Gasteiger partial charge in [0, 0.05) is 36.9 Å². The molecule has 0 aliphatic carbocycles. The van der Waals surface area contributed by atoms with E-state index in [4.69, 9.17) is 15.2 Å². The van der Waals surface area contributed by atoms with Crippen LogP contribution in [-0.2, 0) is 11.3 Å². The Labute approximate surface area is 95.8 Å². The van der Waals surface area contributed by atoms with Crippen molar-refractivity contribution in [2.75, 3.05) is 20.3 Å². The van der Waals surface area contributed by atoms with E-state index in [1.54, 1.807) is 7.11 Å². The maximum atomic E-state index is 5.61. The molecule has 1 fully saturated rings. The van der Waals surface area contributed by atoms with Gasteiger partial charge in [-0.05, 0) is 18.9 Å². The van der Waals surface area contributed by atoms with Crippen LogP contribution in [0.4, 0.5) is 0 Å². The van der Waals surface area contributed by atoms with Crippen LogP contribution in [0.1, 0.15) is 30.0 Å². The summed E-state index contributed by atoms with van der Waals surface area (Å²) in [5, 5.41) is 0. The number of nitrogens with zero attached hydrogens (tertiary/aromatic N) is 1. The Balaban J connectivity index is 2.20. The van der Waals surface area contributed by atoms with Gasteiger partial charge in [0.25, 0.3) is 0 Å². The number of nitrogens with two attached hydrogens (primary N) is 1. The second-order valence-corrected chi connectivity index (χ2v) is 4.00. The SMILES string of the molecule is COc1nc(C2CCOCC2)ccc1CN. The molecule has 88 valence electrons. The Morgan fingerprint density at radius 3 is 2.81 bits per heavy atom. The molecular formula is C12H18N2O2. The number of hydrogen-bond donors (Lipinski definition) is 1. The first kappa shape index (κ1) is 11.4. The molecule has 2 N–H and O–H groups in total. The summed E-state index contributed by atoms with van der Waals surface area (Å²) in [5.74, 6) is 1.15. The monoisotopic (exact) mass is 222 g/mol. The van der Waals surface area contributed by atoms with Crippen LogP contribution in [0.3, 0.4) is 0 Å². The third-order valence-corrected chi connectivity index (χ3v) is 3.01. The predicted molar refractivity (Wildman–Crippen MR) is 61.5 cm³/mol. The topological polar surface area (TPSA) is 57.4 Å². The molecule has 1 aromatic rings. The van der Waals surface area contributed by atoms with Gasteiger partial charge in [-0.15, -0.1) is 0 Å². The second-order valence-electron chi connectivity index (χ2n) is 4.00. The third kappa shape index (κ3) is 2.33. The van der Waals surface area contributed by atoms with Crippen molar-refractivity contribution in [1.82, 2.24) is 4.98 Å². The zero-order valence-electron chi connectivity index (χ0n) is 9.61. The number of ether oxygens (including phenoxy) is 2. The van der Waals surface area contributed by atoms with Crippen LogP contribution in [0.15, 0.2) is 12.1 Å². The average Bonchev–Trinajstić information content (AvgIpc) is 2.39. The summed E-state index contributed by atoms with van der Waals surface area (Å²) in [4.78, 5) is 4.53. The highest BCUT2D eigenvalue weighted by Crippen LogP contribution is 2.27. The summed E-state index contributed by atoms with van der Waals surface area (Å²) in [6.45, 7) is 2.12. The molecule has 0 radical (unpaired) electrons. The minimum absolute atomic E-state index is 0.463. The van der Waals surface area contributed by atoms with E-state index in [0.29, 0.717) is 18.3 Å². The molecule has 4 heteroatoms. The highest BCUT2D eigenvalue weighted by Gasteiger charge is 2.18. The fraction of sp³-hybridized carbons (Fsp3) is 0.583. The van der Waals surface area contributed by atoms with Crippen LogP contribution in [0.2, 0.25) is 0 Å².